The third-order valence-electron chi connectivity index (χ3n) is 3.43. The summed E-state index contributed by atoms with van der Waals surface area (Å²) < 4.78 is 16.0. The quantitative estimate of drug-likeness (QED) is 0.390. The van der Waals surface area contributed by atoms with E-state index in [9.17, 15) is 4.79 Å². The number of benzene rings is 2. The molecule has 0 saturated carbocycles. The highest BCUT2D eigenvalue weighted by Crippen LogP contribution is 2.24. The first kappa shape index (κ1) is 17.8. The van der Waals surface area contributed by atoms with E-state index in [1.807, 2.05) is 24.3 Å². The van der Waals surface area contributed by atoms with E-state index < -0.39 is 0 Å². The maximum absolute atomic E-state index is 11.9. The number of rotatable bonds is 7. The molecule has 0 saturated heterocycles. The number of fused-ring (bicyclic) bond motifs is 1. The van der Waals surface area contributed by atoms with Crippen molar-refractivity contribution < 1.29 is 18.7 Å². The topological polar surface area (TPSA) is 86.0 Å². The van der Waals surface area contributed by atoms with Crippen LogP contribution in [0.2, 0.25) is 0 Å². The van der Waals surface area contributed by atoms with Crippen LogP contribution in [-0.4, -0.2) is 37.1 Å². The molecule has 0 fully saturated rings. The Kier molecular flexibility index (Phi) is 5.75. The zero-order chi connectivity index (χ0) is 18.4. The number of thioether (sulfide) groups is 1. The van der Waals surface area contributed by atoms with E-state index in [2.05, 4.69) is 15.5 Å². The van der Waals surface area contributed by atoms with Crippen molar-refractivity contribution in [3.63, 3.8) is 0 Å². The fraction of sp³-hybridized carbons (Fsp3) is 0.167. The standard InChI is InChI=1S/C18H17N3O4S/c1-23-13-8-7-12(16(9-13)24-2)10-19-21-17(22)11-26-18-20-14-5-3-4-6-15(14)25-18/h3-10H,11H2,1-2H3,(H,21,22)/b19-10-. The van der Waals surface area contributed by atoms with Crippen molar-refractivity contribution in [3.8, 4) is 11.5 Å². The average Bonchev–Trinajstić information content (AvgIpc) is 3.09. The monoisotopic (exact) mass is 371 g/mol. The first-order valence-electron chi connectivity index (χ1n) is 7.72. The Labute approximate surface area is 154 Å². The normalized spacial score (nSPS) is 11.0. The van der Waals surface area contributed by atoms with Gasteiger partial charge in [0.05, 0.1) is 26.2 Å². The molecule has 0 bridgehead atoms. The molecule has 3 aromatic rings. The number of amides is 1. The van der Waals surface area contributed by atoms with Gasteiger partial charge in [-0.3, -0.25) is 4.79 Å². The van der Waals surface area contributed by atoms with Crippen molar-refractivity contribution in [2.75, 3.05) is 20.0 Å². The van der Waals surface area contributed by atoms with Gasteiger partial charge >= 0.3 is 0 Å². The summed E-state index contributed by atoms with van der Waals surface area (Å²) in [7, 11) is 3.14. The molecule has 2 aromatic carbocycles. The highest BCUT2D eigenvalue weighted by Gasteiger charge is 2.08. The van der Waals surface area contributed by atoms with Gasteiger partial charge in [0, 0.05) is 11.6 Å². The van der Waals surface area contributed by atoms with Crippen LogP contribution < -0.4 is 14.9 Å². The number of nitrogens with one attached hydrogen (secondary N) is 1. The number of methoxy groups -OCH3 is 2. The third kappa shape index (κ3) is 4.34. The number of ether oxygens (including phenoxy) is 2. The molecule has 0 atom stereocenters. The zero-order valence-corrected chi connectivity index (χ0v) is 15.1. The van der Waals surface area contributed by atoms with Crippen LogP contribution in [0.15, 0.2) is 57.2 Å². The lowest BCUT2D eigenvalue weighted by Crippen LogP contribution is -2.19. The molecule has 0 unspecified atom stereocenters. The van der Waals surface area contributed by atoms with Crippen LogP contribution >= 0.6 is 11.8 Å². The lowest BCUT2D eigenvalue weighted by molar-refractivity contribution is -0.118. The minimum absolute atomic E-state index is 0.143. The lowest BCUT2D eigenvalue weighted by atomic mass is 10.2. The van der Waals surface area contributed by atoms with Crippen LogP contribution in [0.1, 0.15) is 5.56 Å². The largest absolute Gasteiger partial charge is 0.497 e. The molecule has 0 spiro atoms. The molecule has 134 valence electrons. The molecule has 26 heavy (non-hydrogen) atoms. The fourth-order valence-corrected chi connectivity index (χ4v) is 2.80. The number of oxazole rings is 1. The molecule has 0 radical (unpaired) electrons. The number of hydrazone groups is 1. The Morgan fingerprint density at radius 2 is 2.12 bits per heavy atom. The van der Waals surface area contributed by atoms with Gasteiger partial charge in [-0.05, 0) is 24.3 Å². The number of nitrogens with zero attached hydrogens (tertiary/aromatic N) is 2. The van der Waals surface area contributed by atoms with Gasteiger partial charge in [0.15, 0.2) is 5.58 Å². The minimum Gasteiger partial charge on any atom is -0.497 e. The summed E-state index contributed by atoms with van der Waals surface area (Å²) >= 11 is 1.21. The summed E-state index contributed by atoms with van der Waals surface area (Å²) in [6.07, 6.45) is 1.51. The summed E-state index contributed by atoms with van der Waals surface area (Å²) in [5, 5.41) is 4.40. The second-order valence-electron chi connectivity index (χ2n) is 5.14. The zero-order valence-electron chi connectivity index (χ0n) is 14.3. The molecular weight excluding hydrogens is 354 g/mol. The predicted octanol–water partition coefficient (Wildman–Crippen LogP) is 3.09. The number of hydrogen-bond acceptors (Lipinski definition) is 7. The summed E-state index contributed by atoms with van der Waals surface area (Å²) in [6, 6.07) is 12.8. The molecule has 1 aromatic heterocycles. The Morgan fingerprint density at radius 1 is 1.27 bits per heavy atom. The Bertz CT molecular complexity index is 906. The van der Waals surface area contributed by atoms with Crippen molar-refractivity contribution in [1.82, 2.24) is 10.4 Å². The molecule has 1 N–H and O–H groups in total. The van der Waals surface area contributed by atoms with Gasteiger partial charge in [0.25, 0.3) is 11.1 Å². The molecule has 7 nitrogen and oxygen atoms in total. The van der Waals surface area contributed by atoms with Crippen molar-refractivity contribution >= 4 is 35.0 Å². The van der Waals surface area contributed by atoms with Crippen LogP contribution in [0.3, 0.4) is 0 Å². The number of aromatic nitrogens is 1. The Balaban J connectivity index is 1.54. The Morgan fingerprint density at radius 3 is 2.88 bits per heavy atom. The highest BCUT2D eigenvalue weighted by molar-refractivity contribution is 7.99. The summed E-state index contributed by atoms with van der Waals surface area (Å²) in [5.74, 6) is 1.16. The first-order chi connectivity index (χ1) is 12.7. The summed E-state index contributed by atoms with van der Waals surface area (Å²) in [4.78, 5) is 16.2. The van der Waals surface area contributed by atoms with Gasteiger partial charge in [0.1, 0.15) is 17.0 Å². The maximum atomic E-state index is 11.9. The molecule has 0 aliphatic carbocycles. The van der Waals surface area contributed by atoms with E-state index in [4.69, 9.17) is 13.9 Å². The minimum atomic E-state index is -0.263. The second kappa shape index (κ2) is 8.39. The summed E-state index contributed by atoms with van der Waals surface area (Å²) in [5.41, 5.74) is 4.65. The number of carbonyl (C=O) groups excluding carboxylic acids is 1. The van der Waals surface area contributed by atoms with Gasteiger partial charge in [-0.1, -0.05) is 23.9 Å². The van der Waals surface area contributed by atoms with E-state index in [1.54, 1.807) is 32.4 Å². The van der Waals surface area contributed by atoms with E-state index >= 15 is 0 Å². The van der Waals surface area contributed by atoms with Gasteiger partial charge in [-0.25, -0.2) is 10.4 Å². The summed E-state index contributed by atoms with van der Waals surface area (Å²) in [6.45, 7) is 0. The van der Waals surface area contributed by atoms with Crippen molar-refractivity contribution in [3.05, 3.63) is 48.0 Å². The highest BCUT2D eigenvalue weighted by atomic mass is 32.2. The van der Waals surface area contributed by atoms with Crippen LogP contribution in [0.5, 0.6) is 11.5 Å². The number of para-hydroxylation sites is 2. The SMILES string of the molecule is COc1ccc(/C=N\NC(=O)CSc2nc3ccccc3o2)c(OC)c1. The van der Waals surface area contributed by atoms with Crippen molar-refractivity contribution in [2.24, 2.45) is 5.10 Å². The van der Waals surface area contributed by atoms with Gasteiger partial charge in [-0.15, -0.1) is 0 Å². The van der Waals surface area contributed by atoms with E-state index in [-0.39, 0.29) is 11.7 Å². The van der Waals surface area contributed by atoms with Crippen LogP contribution in [0.25, 0.3) is 11.1 Å². The van der Waals surface area contributed by atoms with Crippen LogP contribution in [0, 0.1) is 0 Å². The molecule has 8 heteroatoms. The second-order valence-corrected chi connectivity index (χ2v) is 6.06. The molecule has 1 heterocycles. The van der Waals surface area contributed by atoms with E-state index in [0.29, 0.717) is 22.3 Å². The van der Waals surface area contributed by atoms with E-state index in [0.717, 1.165) is 11.1 Å². The van der Waals surface area contributed by atoms with Gasteiger partial charge < -0.3 is 13.9 Å². The van der Waals surface area contributed by atoms with Crippen LogP contribution in [0.4, 0.5) is 0 Å². The molecule has 0 aliphatic heterocycles. The molecular formula is C18H17N3O4S. The van der Waals surface area contributed by atoms with Crippen LogP contribution in [-0.2, 0) is 4.79 Å². The first-order valence-corrected chi connectivity index (χ1v) is 8.70. The fourth-order valence-electron chi connectivity index (χ4n) is 2.17. The van der Waals surface area contributed by atoms with Gasteiger partial charge in [-0.2, -0.15) is 5.10 Å². The van der Waals surface area contributed by atoms with E-state index in [1.165, 1.54) is 18.0 Å². The van der Waals surface area contributed by atoms with Gasteiger partial charge in [0.2, 0.25) is 0 Å². The van der Waals surface area contributed by atoms with Crippen molar-refractivity contribution in [1.29, 1.82) is 0 Å². The average molecular weight is 371 g/mol. The molecule has 0 aliphatic rings. The third-order valence-corrected chi connectivity index (χ3v) is 4.26. The lowest BCUT2D eigenvalue weighted by Gasteiger charge is -2.06. The smallest absolute Gasteiger partial charge is 0.257 e. The Hall–Kier alpha value is -3.00. The number of hydrogen-bond donors (Lipinski definition) is 1. The van der Waals surface area contributed by atoms with Crippen molar-refractivity contribution in [2.45, 2.75) is 5.22 Å². The number of carbonyl (C=O) groups is 1. The maximum Gasteiger partial charge on any atom is 0.257 e. The molecule has 1 amide bonds. The predicted molar refractivity (Wildman–Crippen MR) is 100 cm³/mol. The molecule has 3 rings (SSSR count).